The summed E-state index contributed by atoms with van der Waals surface area (Å²) >= 11 is 0. The molecule has 0 aromatic heterocycles. The van der Waals surface area contributed by atoms with Crippen molar-refractivity contribution in [3.05, 3.63) is 0 Å². The third-order valence-corrected chi connectivity index (χ3v) is 4.11. The summed E-state index contributed by atoms with van der Waals surface area (Å²) in [4.78, 5) is 14.4. The van der Waals surface area contributed by atoms with Gasteiger partial charge in [0.2, 0.25) is 0 Å². The van der Waals surface area contributed by atoms with Crippen molar-refractivity contribution in [2.75, 3.05) is 14.1 Å². The summed E-state index contributed by atoms with van der Waals surface area (Å²) in [5, 5.41) is 0. The number of hydrogen-bond acceptors (Lipinski definition) is 2. The van der Waals surface area contributed by atoms with E-state index in [-0.39, 0.29) is 5.54 Å². The van der Waals surface area contributed by atoms with E-state index in [9.17, 15) is 4.79 Å². The lowest BCUT2D eigenvalue weighted by Gasteiger charge is -2.36. The van der Waals surface area contributed by atoms with Crippen LogP contribution in [-0.2, 0) is 4.79 Å². The quantitative estimate of drug-likeness (QED) is 0.715. The van der Waals surface area contributed by atoms with Gasteiger partial charge in [-0.2, -0.15) is 0 Å². The topological polar surface area (TPSA) is 20.3 Å². The van der Waals surface area contributed by atoms with Gasteiger partial charge in [-0.05, 0) is 46.7 Å². The minimum atomic E-state index is -0.300. The molecule has 0 saturated heterocycles. The lowest BCUT2D eigenvalue weighted by Crippen LogP contribution is -2.49. The van der Waals surface area contributed by atoms with Crippen LogP contribution in [0.5, 0.6) is 0 Å². The maximum absolute atomic E-state index is 12.3. The maximum Gasteiger partial charge on any atom is 0.155 e. The van der Waals surface area contributed by atoms with Crippen LogP contribution < -0.4 is 0 Å². The molecule has 0 aromatic carbocycles. The average Bonchev–Trinajstić information content (AvgIpc) is 2.17. The molecule has 0 atom stereocenters. The third kappa shape index (κ3) is 2.81. The molecule has 1 aliphatic carbocycles. The molecule has 2 heteroatoms. The number of Topliss-reactive ketones (excluding diaryl/α,β-unsaturated/α-hetero) is 1. The van der Waals surface area contributed by atoms with E-state index in [1.165, 1.54) is 12.8 Å². The van der Waals surface area contributed by atoms with Gasteiger partial charge in [-0.3, -0.25) is 9.69 Å². The monoisotopic (exact) mass is 211 g/mol. The van der Waals surface area contributed by atoms with Crippen LogP contribution in [0.2, 0.25) is 0 Å². The molecule has 0 amide bonds. The number of ketones is 1. The lowest BCUT2D eigenvalue weighted by molar-refractivity contribution is -0.133. The number of carbonyl (C=O) groups is 1. The Hall–Kier alpha value is -0.370. The van der Waals surface area contributed by atoms with Gasteiger partial charge in [-0.1, -0.05) is 19.8 Å². The van der Waals surface area contributed by atoms with E-state index in [2.05, 4.69) is 6.92 Å². The molecule has 0 aromatic rings. The molecule has 1 rings (SSSR count). The van der Waals surface area contributed by atoms with Gasteiger partial charge in [0, 0.05) is 5.92 Å². The molecular weight excluding hydrogens is 186 g/mol. The fourth-order valence-electron chi connectivity index (χ4n) is 2.24. The summed E-state index contributed by atoms with van der Waals surface area (Å²) < 4.78 is 0. The number of carbonyl (C=O) groups excluding carboxylic acids is 1. The molecule has 2 nitrogen and oxygen atoms in total. The van der Waals surface area contributed by atoms with Crippen molar-refractivity contribution in [2.24, 2.45) is 11.8 Å². The van der Waals surface area contributed by atoms with Crippen molar-refractivity contribution in [1.29, 1.82) is 0 Å². The summed E-state index contributed by atoms with van der Waals surface area (Å²) in [6.45, 7) is 6.36. The Morgan fingerprint density at radius 3 is 2.00 bits per heavy atom. The van der Waals surface area contributed by atoms with Crippen LogP contribution in [0, 0.1) is 11.8 Å². The highest BCUT2D eigenvalue weighted by Crippen LogP contribution is 2.32. The van der Waals surface area contributed by atoms with Crippen LogP contribution in [0.25, 0.3) is 0 Å². The van der Waals surface area contributed by atoms with E-state index >= 15 is 0 Å². The molecular formula is C13H25NO. The summed E-state index contributed by atoms with van der Waals surface area (Å²) in [6.07, 6.45) is 4.63. The van der Waals surface area contributed by atoms with Gasteiger partial charge in [0.25, 0.3) is 0 Å². The number of likely N-dealkylation sites (N-methyl/N-ethyl adjacent to an activating group) is 1. The van der Waals surface area contributed by atoms with Gasteiger partial charge in [-0.15, -0.1) is 0 Å². The standard InChI is InChI=1S/C13H25NO/c1-10-6-8-11(9-7-10)12(15)13(2,3)14(4)5/h10-11H,6-9H2,1-5H3. The molecule has 0 radical (unpaired) electrons. The largest absolute Gasteiger partial charge is 0.298 e. The van der Waals surface area contributed by atoms with E-state index in [0.29, 0.717) is 11.7 Å². The number of nitrogens with zero attached hydrogens (tertiary/aromatic N) is 1. The normalized spacial score (nSPS) is 28.1. The number of rotatable bonds is 3. The first-order valence-corrected chi connectivity index (χ1v) is 6.07. The number of hydrogen-bond donors (Lipinski definition) is 0. The second-order valence-electron chi connectivity index (χ2n) is 5.77. The molecule has 1 saturated carbocycles. The Morgan fingerprint density at radius 2 is 1.60 bits per heavy atom. The Bertz CT molecular complexity index is 225. The summed E-state index contributed by atoms with van der Waals surface area (Å²) in [6, 6.07) is 0. The molecule has 1 aliphatic rings. The van der Waals surface area contributed by atoms with Crippen molar-refractivity contribution in [2.45, 2.75) is 52.0 Å². The highest BCUT2D eigenvalue weighted by atomic mass is 16.1. The first-order chi connectivity index (χ1) is 6.85. The molecule has 0 unspecified atom stereocenters. The predicted octanol–water partition coefficient (Wildman–Crippen LogP) is 2.72. The first kappa shape index (κ1) is 12.7. The molecule has 0 spiro atoms. The molecule has 88 valence electrons. The minimum absolute atomic E-state index is 0.300. The van der Waals surface area contributed by atoms with Crippen molar-refractivity contribution in [3.63, 3.8) is 0 Å². The van der Waals surface area contributed by atoms with Crippen LogP contribution in [-0.4, -0.2) is 30.3 Å². The highest BCUT2D eigenvalue weighted by Gasteiger charge is 2.36. The third-order valence-electron chi connectivity index (χ3n) is 4.11. The second-order valence-corrected chi connectivity index (χ2v) is 5.77. The van der Waals surface area contributed by atoms with Crippen molar-refractivity contribution < 1.29 is 4.79 Å². The van der Waals surface area contributed by atoms with Crippen molar-refractivity contribution >= 4 is 5.78 Å². The van der Waals surface area contributed by atoms with E-state index in [4.69, 9.17) is 0 Å². The van der Waals surface area contributed by atoms with Crippen LogP contribution in [0.3, 0.4) is 0 Å². The van der Waals surface area contributed by atoms with Gasteiger partial charge < -0.3 is 0 Å². The maximum atomic E-state index is 12.3. The lowest BCUT2D eigenvalue weighted by atomic mass is 9.76. The zero-order chi connectivity index (χ0) is 11.6. The summed E-state index contributed by atoms with van der Waals surface area (Å²) in [5.74, 6) is 1.55. The first-order valence-electron chi connectivity index (χ1n) is 6.07. The minimum Gasteiger partial charge on any atom is -0.298 e. The highest BCUT2D eigenvalue weighted by molar-refractivity contribution is 5.89. The predicted molar refractivity (Wildman–Crippen MR) is 63.9 cm³/mol. The smallest absolute Gasteiger partial charge is 0.155 e. The second kappa shape index (κ2) is 4.65. The molecule has 0 N–H and O–H groups in total. The van der Waals surface area contributed by atoms with E-state index in [1.807, 2.05) is 32.8 Å². The van der Waals surface area contributed by atoms with Crippen molar-refractivity contribution in [3.8, 4) is 0 Å². The molecule has 15 heavy (non-hydrogen) atoms. The summed E-state index contributed by atoms with van der Waals surface area (Å²) in [7, 11) is 3.98. The van der Waals surface area contributed by atoms with E-state index < -0.39 is 0 Å². The van der Waals surface area contributed by atoms with Crippen molar-refractivity contribution in [1.82, 2.24) is 4.90 Å². The van der Waals surface area contributed by atoms with Crippen LogP contribution in [0.4, 0.5) is 0 Å². The molecule has 0 bridgehead atoms. The molecule has 0 heterocycles. The SMILES string of the molecule is CC1CCC(C(=O)C(C)(C)N(C)C)CC1. The Kier molecular flexibility index (Phi) is 3.93. The van der Waals surface area contributed by atoms with Crippen LogP contribution in [0.1, 0.15) is 46.5 Å². The average molecular weight is 211 g/mol. The van der Waals surface area contributed by atoms with E-state index in [1.54, 1.807) is 0 Å². The van der Waals surface area contributed by atoms with Crippen LogP contribution in [0.15, 0.2) is 0 Å². The molecule has 0 aliphatic heterocycles. The van der Waals surface area contributed by atoms with Crippen LogP contribution >= 0.6 is 0 Å². The Labute approximate surface area is 94.0 Å². The Balaban J connectivity index is 2.61. The van der Waals surface area contributed by atoms with Gasteiger partial charge in [0.15, 0.2) is 5.78 Å². The molecule has 1 fully saturated rings. The fourth-order valence-corrected chi connectivity index (χ4v) is 2.24. The fraction of sp³-hybridized carbons (Fsp3) is 0.923. The Morgan fingerprint density at radius 1 is 1.13 bits per heavy atom. The zero-order valence-corrected chi connectivity index (χ0v) is 10.8. The van der Waals surface area contributed by atoms with E-state index in [0.717, 1.165) is 18.8 Å². The zero-order valence-electron chi connectivity index (χ0n) is 10.8. The summed E-state index contributed by atoms with van der Waals surface area (Å²) in [5.41, 5.74) is -0.300. The van der Waals surface area contributed by atoms with Gasteiger partial charge >= 0.3 is 0 Å². The van der Waals surface area contributed by atoms with Gasteiger partial charge in [0.05, 0.1) is 5.54 Å². The van der Waals surface area contributed by atoms with Gasteiger partial charge in [0.1, 0.15) is 0 Å². The van der Waals surface area contributed by atoms with Gasteiger partial charge in [-0.25, -0.2) is 0 Å².